The lowest BCUT2D eigenvalue weighted by Crippen LogP contribution is -2.33. The topological polar surface area (TPSA) is 88.5 Å². The van der Waals surface area contributed by atoms with Crippen LogP contribution < -0.4 is 15.1 Å². The van der Waals surface area contributed by atoms with E-state index in [9.17, 15) is 23.6 Å². The van der Waals surface area contributed by atoms with Crippen LogP contribution in [0.15, 0.2) is 88.7 Å². The van der Waals surface area contributed by atoms with Gasteiger partial charge in [0.15, 0.2) is 0 Å². The van der Waals surface area contributed by atoms with E-state index in [1.165, 1.54) is 33.7 Å². The first kappa shape index (κ1) is 25.5. The van der Waals surface area contributed by atoms with E-state index >= 15 is 0 Å². The van der Waals surface area contributed by atoms with Gasteiger partial charge in [0, 0.05) is 21.5 Å². The maximum Gasteiger partial charge on any atom is 0.308 e. The van der Waals surface area contributed by atoms with Crippen molar-refractivity contribution in [1.29, 1.82) is 0 Å². The molecule has 39 heavy (non-hydrogen) atoms. The summed E-state index contributed by atoms with van der Waals surface area (Å²) in [6.07, 6.45) is 0. The van der Waals surface area contributed by atoms with Gasteiger partial charge in [0.1, 0.15) is 17.6 Å². The Bertz CT molecular complexity index is 1660. The van der Waals surface area contributed by atoms with Gasteiger partial charge in [-0.25, -0.2) is 9.29 Å². The molecule has 4 aromatic rings. The first-order chi connectivity index (χ1) is 18.8. The molecule has 0 spiro atoms. The number of aromatic nitrogens is 1. The van der Waals surface area contributed by atoms with E-state index in [4.69, 9.17) is 11.6 Å². The maximum absolute atomic E-state index is 13.8. The Morgan fingerprint density at radius 2 is 1.62 bits per heavy atom. The summed E-state index contributed by atoms with van der Waals surface area (Å²) in [6.45, 7) is -0.295. The van der Waals surface area contributed by atoms with E-state index in [2.05, 4.69) is 5.32 Å². The van der Waals surface area contributed by atoms with Crippen LogP contribution in [0.2, 0.25) is 5.02 Å². The van der Waals surface area contributed by atoms with Gasteiger partial charge in [-0.15, -0.1) is 0 Å². The lowest BCUT2D eigenvalue weighted by atomic mass is 9.83. The van der Waals surface area contributed by atoms with Gasteiger partial charge < -0.3 is 5.32 Å². The highest BCUT2D eigenvalue weighted by atomic mass is 35.5. The third-order valence-electron chi connectivity index (χ3n) is 6.72. The first-order valence-corrected chi connectivity index (χ1v) is 14.0. The number of nitrogens with one attached hydrogen (secondary N) is 1. The number of benzene rings is 3. The molecule has 1 N–H and O–H groups in total. The van der Waals surface area contributed by atoms with E-state index in [1.807, 2.05) is 30.3 Å². The van der Waals surface area contributed by atoms with E-state index in [0.29, 0.717) is 26.3 Å². The van der Waals surface area contributed by atoms with Crippen LogP contribution >= 0.6 is 34.7 Å². The summed E-state index contributed by atoms with van der Waals surface area (Å²) >= 11 is 8.14. The number of halogens is 2. The molecule has 7 nitrogen and oxygen atoms in total. The minimum atomic E-state index is -0.786. The molecular weight excluding hydrogens is 561 g/mol. The fourth-order valence-corrected chi connectivity index (χ4v) is 7.90. The first-order valence-electron chi connectivity index (χ1n) is 12.0. The van der Waals surface area contributed by atoms with Gasteiger partial charge in [0.25, 0.3) is 0 Å². The van der Waals surface area contributed by atoms with Crippen molar-refractivity contribution in [2.45, 2.75) is 22.7 Å². The van der Waals surface area contributed by atoms with Crippen LogP contribution in [0.4, 0.5) is 15.8 Å². The molecule has 11 heteroatoms. The van der Waals surface area contributed by atoms with E-state index in [0.717, 1.165) is 28.7 Å². The molecular formula is C28H19ClFN3O4S2. The van der Waals surface area contributed by atoms with E-state index in [-0.39, 0.29) is 23.2 Å². The highest BCUT2D eigenvalue weighted by Crippen LogP contribution is 2.53. The molecule has 3 aromatic carbocycles. The van der Waals surface area contributed by atoms with Gasteiger partial charge in [-0.05, 0) is 54.1 Å². The van der Waals surface area contributed by atoms with Crippen molar-refractivity contribution < 1.29 is 18.8 Å². The fourth-order valence-electron chi connectivity index (χ4n) is 5.00. The number of carbonyl (C=O) groups is 3. The molecule has 2 aliphatic rings. The van der Waals surface area contributed by atoms with Crippen molar-refractivity contribution in [1.82, 2.24) is 4.57 Å². The van der Waals surface area contributed by atoms with Crippen molar-refractivity contribution in [2.75, 3.05) is 10.2 Å². The molecule has 3 heterocycles. The maximum atomic E-state index is 13.8. The number of nitrogens with zero attached hydrogens (tertiary/aromatic N) is 2. The van der Waals surface area contributed by atoms with Crippen LogP contribution in [-0.4, -0.2) is 27.5 Å². The fraction of sp³-hybridized carbons (Fsp3) is 0.143. The molecule has 1 saturated heterocycles. The number of anilines is 2. The average Bonchev–Trinajstić information content (AvgIpc) is 3.37. The zero-order valence-electron chi connectivity index (χ0n) is 20.0. The second kappa shape index (κ2) is 10.1. The number of carbonyl (C=O) groups excluding carboxylic acids is 3. The summed E-state index contributed by atoms with van der Waals surface area (Å²) < 4.78 is 14.6. The Balaban J connectivity index is 1.39. The second-order valence-electron chi connectivity index (χ2n) is 9.12. The molecule has 0 saturated carbocycles. The molecule has 2 unspecified atom stereocenters. The van der Waals surface area contributed by atoms with Crippen molar-refractivity contribution >= 4 is 63.8 Å². The number of thioether (sulfide) groups is 1. The van der Waals surface area contributed by atoms with Crippen LogP contribution in [-0.2, 0) is 20.9 Å². The number of amides is 3. The second-order valence-corrected chi connectivity index (χ2v) is 11.7. The van der Waals surface area contributed by atoms with Gasteiger partial charge in [0.05, 0.1) is 16.6 Å². The van der Waals surface area contributed by atoms with Crippen molar-refractivity contribution in [3.05, 3.63) is 110 Å². The molecule has 0 aliphatic carbocycles. The molecule has 1 fully saturated rings. The van der Waals surface area contributed by atoms with E-state index < -0.39 is 28.8 Å². The number of fused-ring (bicyclic) bond motifs is 2. The minimum absolute atomic E-state index is 0.295. The van der Waals surface area contributed by atoms with Crippen LogP contribution in [0.3, 0.4) is 0 Å². The zero-order chi connectivity index (χ0) is 27.3. The number of hydrogen-bond acceptors (Lipinski definition) is 6. The largest absolute Gasteiger partial charge is 0.325 e. The third kappa shape index (κ3) is 4.58. The Kier molecular flexibility index (Phi) is 6.62. The highest BCUT2D eigenvalue weighted by molar-refractivity contribution is 8.00. The smallest absolute Gasteiger partial charge is 0.308 e. The van der Waals surface area contributed by atoms with Gasteiger partial charge in [-0.3, -0.25) is 23.7 Å². The predicted octanol–water partition coefficient (Wildman–Crippen LogP) is 5.14. The Hall–Kier alpha value is -3.73. The predicted molar refractivity (Wildman–Crippen MR) is 149 cm³/mol. The molecule has 6 rings (SSSR count). The van der Waals surface area contributed by atoms with Gasteiger partial charge >= 0.3 is 4.87 Å². The third-order valence-corrected chi connectivity index (χ3v) is 9.58. The molecule has 3 atom stereocenters. The monoisotopic (exact) mass is 579 g/mol. The summed E-state index contributed by atoms with van der Waals surface area (Å²) in [5, 5.41) is 2.86. The van der Waals surface area contributed by atoms with Gasteiger partial charge in [-0.2, -0.15) is 0 Å². The number of imide groups is 1. The van der Waals surface area contributed by atoms with Crippen LogP contribution in [0.5, 0.6) is 0 Å². The summed E-state index contributed by atoms with van der Waals surface area (Å²) in [7, 11) is 0. The Labute approximate surface area is 235 Å². The van der Waals surface area contributed by atoms with Crippen molar-refractivity contribution in [3.8, 4) is 0 Å². The number of thiazole rings is 1. The van der Waals surface area contributed by atoms with Crippen LogP contribution in [0.25, 0.3) is 0 Å². The normalized spacial score (nSPS) is 20.1. The van der Waals surface area contributed by atoms with Gasteiger partial charge in [0.2, 0.25) is 17.7 Å². The summed E-state index contributed by atoms with van der Waals surface area (Å²) in [4.78, 5) is 55.0. The van der Waals surface area contributed by atoms with Crippen molar-refractivity contribution in [3.63, 3.8) is 0 Å². The van der Waals surface area contributed by atoms with Crippen LogP contribution in [0.1, 0.15) is 16.4 Å². The van der Waals surface area contributed by atoms with Gasteiger partial charge in [-0.1, -0.05) is 65.0 Å². The molecule has 196 valence electrons. The lowest BCUT2D eigenvalue weighted by molar-refractivity contribution is -0.122. The average molecular weight is 580 g/mol. The molecule has 0 bridgehead atoms. The molecule has 0 radical (unpaired) electrons. The Morgan fingerprint density at radius 3 is 2.31 bits per heavy atom. The molecule has 2 aliphatic heterocycles. The van der Waals surface area contributed by atoms with Crippen LogP contribution in [0, 0.1) is 11.7 Å². The lowest BCUT2D eigenvalue weighted by Gasteiger charge is -2.30. The quantitative estimate of drug-likeness (QED) is 0.331. The number of hydrogen-bond donors (Lipinski definition) is 1. The molecule has 1 aromatic heterocycles. The SMILES string of the molecule is O=C(Cn1c2c(sc1=O)[C@H](c1ccccc1)C1C(=O)N(c3ccc(Cl)cc3)C(=O)C1S2)Nc1ccc(F)cc1. The Morgan fingerprint density at radius 1 is 0.923 bits per heavy atom. The van der Waals surface area contributed by atoms with Crippen molar-refractivity contribution in [2.24, 2.45) is 5.92 Å². The zero-order valence-corrected chi connectivity index (χ0v) is 22.4. The number of rotatable bonds is 5. The summed E-state index contributed by atoms with van der Waals surface area (Å²) in [6, 6.07) is 21.1. The highest BCUT2D eigenvalue weighted by Gasteiger charge is 2.56. The molecule has 3 amide bonds. The minimum Gasteiger partial charge on any atom is -0.325 e. The van der Waals surface area contributed by atoms with E-state index in [1.54, 1.807) is 24.3 Å². The summed E-state index contributed by atoms with van der Waals surface area (Å²) in [5.74, 6) is -2.91. The standard InChI is InChI=1S/C28H19ClFN3O4S2/c29-16-6-12-19(13-7-16)33-25(35)22-21(15-4-2-1-3-5-15)24-27(38-23(22)26(33)36)32(28(37)39-24)14-20(34)31-18-10-8-17(30)9-11-18/h1-13,21-23H,14H2,(H,31,34)/t21-,22?,23?/m1/s1. The summed E-state index contributed by atoms with van der Waals surface area (Å²) in [5.41, 5.74) is 1.62.